The fourth-order valence-corrected chi connectivity index (χ4v) is 2.10. The van der Waals surface area contributed by atoms with Crippen LogP contribution < -0.4 is 0 Å². The molecular formula is C11H14F2O2. The molecule has 2 aliphatic rings. The highest BCUT2D eigenvalue weighted by molar-refractivity contribution is 5.95. The Hall–Kier alpha value is -0.930. The number of allylic oxidation sites excluding steroid dienone is 2. The second kappa shape index (κ2) is 3.91. The van der Waals surface area contributed by atoms with Crippen molar-refractivity contribution in [3.8, 4) is 0 Å². The van der Waals surface area contributed by atoms with Crippen LogP contribution in [0.15, 0.2) is 11.8 Å². The Bertz CT molecular complexity index is 297. The van der Waals surface area contributed by atoms with Gasteiger partial charge in [-0.3, -0.25) is 4.79 Å². The van der Waals surface area contributed by atoms with Crippen LogP contribution in [-0.2, 0) is 9.53 Å². The minimum absolute atomic E-state index is 0.170. The molecule has 0 aromatic heterocycles. The highest BCUT2D eigenvalue weighted by Crippen LogP contribution is 2.40. The summed E-state index contributed by atoms with van der Waals surface area (Å²) in [5.74, 6) is -3.12. The molecular weight excluding hydrogens is 202 g/mol. The first-order valence-electron chi connectivity index (χ1n) is 5.33. The Morgan fingerprint density at radius 3 is 2.87 bits per heavy atom. The van der Waals surface area contributed by atoms with Gasteiger partial charge < -0.3 is 4.74 Å². The zero-order chi connectivity index (χ0) is 10.9. The number of alkyl halides is 2. The van der Waals surface area contributed by atoms with E-state index in [0.717, 1.165) is 12.8 Å². The van der Waals surface area contributed by atoms with Crippen LogP contribution in [0.3, 0.4) is 0 Å². The molecule has 15 heavy (non-hydrogen) atoms. The minimum atomic E-state index is -2.66. The molecule has 2 nitrogen and oxygen atoms in total. The van der Waals surface area contributed by atoms with E-state index in [9.17, 15) is 13.6 Å². The normalized spacial score (nSPS) is 29.5. The van der Waals surface area contributed by atoms with Crippen molar-refractivity contribution in [1.29, 1.82) is 0 Å². The van der Waals surface area contributed by atoms with Crippen LogP contribution in [0.1, 0.15) is 32.1 Å². The van der Waals surface area contributed by atoms with Crippen LogP contribution in [0.25, 0.3) is 0 Å². The Labute approximate surface area is 87.3 Å². The molecule has 1 heterocycles. The monoisotopic (exact) mass is 216 g/mol. The summed E-state index contributed by atoms with van der Waals surface area (Å²) in [6, 6.07) is 0. The molecule has 0 saturated heterocycles. The van der Waals surface area contributed by atoms with E-state index in [4.69, 9.17) is 4.74 Å². The van der Waals surface area contributed by atoms with Crippen LogP contribution >= 0.6 is 0 Å². The fourth-order valence-electron chi connectivity index (χ4n) is 2.10. The summed E-state index contributed by atoms with van der Waals surface area (Å²) in [4.78, 5) is 11.8. The third-order valence-corrected chi connectivity index (χ3v) is 2.95. The average molecular weight is 216 g/mol. The second-order valence-corrected chi connectivity index (χ2v) is 4.22. The van der Waals surface area contributed by atoms with Gasteiger partial charge in [-0.05, 0) is 25.3 Å². The SMILES string of the molecule is O=C(C1=CCCCO1)C1CCC(F)(F)C1. The first-order valence-corrected chi connectivity index (χ1v) is 5.33. The topological polar surface area (TPSA) is 26.3 Å². The van der Waals surface area contributed by atoms with Crippen molar-refractivity contribution >= 4 is 5.78 Å². The first-order chi connectivity index (χ1) is 7.08. The molecule has 1 atom stereocenters. The molecule has 0 N–H and O–H groups in total. The molecule has 2 rings (SSSR count). The Morgan fingerprint density at radius 1 is 1.53 bits per heavy atom. The average Bonchev–Trinajstić information content (AvgIpc) is 2.59. The maximum absolute atomic E-state index is 12.9. The molecule has 1 saturated carbocycles. The zero-order valence-corrected chi connectivity index (χ0v) is 8.47. The number of halogens is 2. The van der Waals surface area contributed by atoms with E-state index in [1.165, 1.54) is 0 Å². The van der Waals surface area contributed by atoms with Crippen molar-refractivity contribution in [3.05, 3.63) is 11.8 Å². The largest absolute Gasteiger partial charge is 0.490 e. The molecule has 0 aromatic carbocycles. The summed E-state index contributed by atoms with van der Waals surface area (Å²) in [5, 5.41) is 0. The minimum Gasteiger partial charge on any atom is -0.490 e. The first kappa shape index (κ1) is 10.6. The number of ether oxygens (including phenoxy) is 1. The van der Waals surface area contributed by atoms with Crippen LogP contribution in [0.4, 0.5) is 8.78 Å². The van der Waals surface area contributed by atoms with E-state index in [1.54, 1.807) is 6.08 Å². The van der Waals surface area contributed by atoms with E-state index >= 15 is 0 Å². The molecule has 4 heteroatoms. The molecule has 1 fully saturated rings. The lowest BCUT2D eigenvalue weighted by Gasteiger charge is -2.16. The maximum Gasteiger partial charge on any atom is 0.248 e. The van der Waals surface area contributed by atoms with Gasteiger partial charge in [-0.15, -0.1) is 0 Å². The van der Waals surface area contributed by atoms with Crippen LogP contribution in [0.2, 0.25) is 0 Å². The zero-order valence-electron chi connectivity index (χ0n) is 8.47. The van der Waals surface area contributed by atoms with E-state index < -0.39 is 11.8 Å². The number of hydrogen-bond acceptors (Lipinski definition) is 2. The van der Waals surface area contributed by atoms with E-state index in [1.807, 2.05) is 0 Å². The Balaban J connectivity index is 2.00. The summed E-state index contributed by atoms with van der Waals surface area (Å²) in [7, 11) is 0. The van der Waals surface area contributed by atoms with E-state index in [-0.39, 0.29) is 25.0 Å². The third-order valence-electron chi connectivity index (χ3n) is 2.95. The van der Waals surface area contributed by atoms with Crippen LogP contribution in [0.5, 0.6) is 0 Å². The van der Waals surface area contributed by atoms with Crippen LogP contribution in [-0.4, -0.2) is 18.3 Å². The predicted molar refractivity (Wildman–Crippen MR) is 50.6 cm³/mol. The lowest BCUT2D eigenvalue weighted by Crippen LogP contribution is -2.20. The van der Waals surface area contributed by atoms with Gasteiger partial charge >= 0.3 is 0 Å². The fraction of sp³-hybridized carbons (Fsp3) is 0.727. The van der Waals surface area contributed by atoms with Gasteiger partial charge in [0.2, 0.25) is 5.92 Å². The third kappa shape index (κ3) is 2.36. The smallest absolute Gasteiger partial charge is 0.248 e. The highest BCUT2D eigenvalue weighted by atomic mass is 19.3. The predicted octanol–water partition coefficient (Wildman–Crippen LogP) is 2.69. The summed E-state index contributed by atoms with van der Waals surface area (Å²) in [6.07, 6.45) is 3.24. The number of Topliss-reactive ketones (excluding diaryl/α,β-unsaturated/α-hetero) is 1. The van der Waals surface area contributed by atoms with Gasteiger partial charge in [0.1, 0.15) is 0 Å². The molecule has 1 unspecified atom stereocenters. The van der Waals surface area contributed by atoms with Crippen molar-refractivity contribution in [3.63, 3.8) is 0 Å². The van der Waals surface area contributed by atoms with Gasteiger partial charge in [0.25, 0.3) is 0 Å². The number of carbonyl (C=O) groups is 1. The van der Waals surface area contributed by atoms with E-state index in [0.29, 0.717) is 12.4 Å². The highest BCUT2D eigenvalue weighted by Gasteiger charge is 2.43. The number of carbonyl (C=O) groups excluding carboxylic acids is 1. The van der Waals surface area contributed by atoms with Gasteiger partial charge in [-0.1, -0.05) is 0 Å². The Morgan fingerprint density at radius 2 is 2.33 bits per heavy atom. The summed E-state index contributed by atoms with van der Waals surface area (Å²) in [6.45, 7) is 0.528. The number of rotatable bonds is 2. The van der Waals surface area contributed by atoms with Gasteiger partial charge in [-0.25, -0.2) is 8.78 Å². The van der Waals surface area contributed by atoms with Gasteiger partial charge in [0.05, 0.1) is 6.61 Å². The summed E-state index contributed by atoms with van der Waals surface area (Å²) < 4.78 is 31.0. The molecule has 0 aromatic rings. The standard InChI is InChI=1S/C11H14F2O2/c12-11(13)5-4-8(7-11)10(14)9-3-1-2-6-15-9/h3,8H,1-2,4-7H2. The summed E-state index contributed by atoms with van der Waals surface area (Å²) >= 11 is 0. The molecule has 0 radical (unpaired) electrons. The molecule has 1 aliphatic carbocycles. The van der Waals surface area contributed by atoms with Crippen molar-refractivity contribution in [2.75, 3.05) is 6.61 Å². The lowest BCUT2D eigenvalue weighted by molar-refractivity contribution is -0.123. The summed E-state index contributed by atoms with van der Waals surface area (Å²) in [5.41, 5.74) is 0. The quantitative estimate of drug-likeness (QED) is 0.709. The molecule has 1 aliphatic heterocycles. The second-order valence-electron chi connectivity index (χ2n) is 4.22. The van der Waals surface area contributed by atoms with Gasteiger partial charge in [0, 0.05) is 18.8 Å². The molecule has 0 spiro atoms. The number of ketones is 1. The van der Waals surface area contributed by atoms with Gasteiger partial charge in [0.15, 0.2) is 11.5 Å². The molecule has 84 valence electrons. The van der Waals surface area contributed by atoms with Crippen molar-refractivity contribution in [2.24, 2.45) is 5.92 Å². The molecule has 0 bridgehead atoms. The Kier molecular flexibility index (Phi) is 2.76. The van der Waals surface area contributed by atoms with Crippen molar-refractivity contribution in [2.45, 2.75) is 38.0 Å². The van der Waals surface area contributed by atoms with Crippen molar-refractivity contribution in [1.82, 2.24) is 0 Å². The van der Waals surface area contributed by atoms with E-state index in [2.05, 4.69) is 0 Å². The molecule has 0 amide bonds. The van der Waals surface area contributed by atoms with Crippen LogP contribution in [0, 0.1) is 5.92 Å². The number of hydrogen-bond donors (Lipinski definition) is 0. The van der Waals surface area contributed by atoms with Gasteiger partial charge in [-0.2, -0.15) is 0 Å². The van der Waals surface area contributed by atoms with Crippen molar-refractivity contribution < 1.29 is 18.3 Å². The lowest BCUT2D eigenvalue weighted by atomic mass is 9.99. The maximum atomic E-state index is 12.9.